The molecule has 1 aromatic carbocycles. The average molecular weight is 275 g/mol. The number of hydrogen-bond donors (Lipinski definition) is 1. The molecule has 1 aliphatic heterocycles. The number of thiazole rings is 1. The van der Waals surface area contributed by atoms with Crippen LogP contribution < -0.4 is 10.6 Å². The van der Waals surface area contributed by atoms with E-state index in [9.17, 15) is 0 Å². The van der Waals surface area contributed by atoms with E-state index in [1.54, 1.807) is 11.3 Å². The maximum Gasteiger partial charge on any atom is 0.186 e. The molecule has 1 fully saturated rings. The number of nitrogens with two attached hydrogens (primary N) is 1. The first-order valence-corrected chi connectivity index (χ1v) is 7.22. The van der Waals surface area contributed by atoms with Crippen molar-refractivity contribution < 1.29 is 4.74 Å². The van der Waals surface area contributed by atoms with E-state index in [1.807, 2.05) is 12.1 Å². The van der Waals surface area contributed by atoms with Crippen LogP contribution in [0.15, 0.2) is 24.3 Å². The quantitative estimate of drug-likeness (QED) is 0.856. The predicted octanol–water partition coefficient (Wildman–Crippen LogP) is 2.54. The molecule has 0 saturated carbocycles. The van der Waals surface area contributed by atoms with Crippen LogP contribution in [0.5, 0.6) is 0 Å². The van der Waals surface area contributed by atoms with Crippen LogP contribution in [0.2, 0.25) is 0 Å². The Balaban J connectivity index is 1.90. The first-order valence-electron chi connectivity index (χ1n) is 6.40. The summed E-state index contributed by atoms with van der Waals surface area (Å²) in [7, 11) is 0. The van der Waals surface area contributed by atoms with Gasteiger partial charge in [0, 0.05) is 18.8 Å². The highest BCUT2D eigenvalue weighted by molar-refractivity contribution is 7.19. The maximum atomic E-state index is 5.73. The third kappa shape index (κ3) is 2.57. The van der Waals surface area contributed by atoms with Crippen LogP contribution in [0.3, 0.4) is 0 Å². The summed E-state index contributed by atoms with van der Waals surface area (Å²) in [6, 6.07) is 7.98. The molecule has 1 saturated heterocycles. The zero-order valence-electron chi connectivity index (χ0n) is 10.9. The predicted molar refractivity (Wildman–Crippen MR) is 79.7 cm³/mol. The highest BCUT2D eigenvalue weighted by Gasteiger charge is 2.17. The molecule has 19 heavy (non-hydrogen) atoms. The molecular formula is C14H17N3OS. The second-order valence-corrected chi connectivity index (χ2v) is 5.61. The second-order valence-electron chi connectivity index (χ2n) is 4.63. The maximum absolute atomic E-state index is 5.73. The topological polar surface area (TPSA) is 51.4 Å². The van der Waals surface area contributed by atoms with Gasteiger partial charge < -0.3 is 15.4 Å². The minimum Gasteiger partial charge on any atom is -0.399 e. The Labute approximate surface area is 116 Å². The number of benzene rings is 1. The number of nitrogen functional groups attached to an aromatic ring is 1. The number of morpholine rings is 1. The van der Waals surface area contributed by atoms with Crippen LogP contribution in [0.4, 0.5) is 10.8 Å². The van der Waals surface area contributed by atoms with Gasteiger partial charge in [0.2, 0.25) is 0 Å². The van der Waals surface area contributed by atoms with E-state index in [0.29, 0.717) is 0 Å². The molecule has 0 bridgehead atoms. The van der Waals surface area contributed by atoms with Crippen molar-refractivity contribution in [2.45, 2.75) is 6.92 Å². The molecule has 2 N–H and O–H groups in total. The fourth-order valence-electron chi connectivity index (χ4n) is 2.17. The molecule has 2 aromatic rings. The summed E-state index contributed by atoms with van der Waals surface area (Å²) in [5.74, 6) is 0. The van der Waals surface area contributed by atoms with E-state index in [-0.39, 0.29) is 0 Å². The summed E-state index contributed by atoms with van der Waals surface area (Å²) in [5, 5.41) is 1.09. The SMILES string of the molecule is Cc1nc(N2CCOCC2)sc1-c1ccc(N)cc1. The minimum absolute atomic E-state index is 0.788. The summed E-state index contributed by atoms with van der Waals surface area (Å²) < 4.78 is 5.38. The van der Waals surface area contributed by atoms with Gasteiger partial charge in [0.15, 0.2) is 5.13 Å². The van der Waals surface area contributed by atoms with E-state index in [0.717, 1.165) is 42.8 Å². The van der Waals surface area contributed by atoms with Crippen LogP contribution in [0, 0.1) is 6.92 Å². The van der Waals surface area contributed by atoms with Crippen LogP contribution in [-0.2, 0) is 4.74 Å². The number of aryl methyl sites for hydroxylation is 1. The van der Waals surface area contributed by atoms with E-state index in [1.165, 1.54) is 10.4 Å². The van der Waals surface area contributed by atoms with E-state index in [2.05, 4.69) is 24.0 Å². The zero-order chi connectivity index (χ0) is 13.2. The van der Waals surface area contributed by atoms with Gasteiger partial charge in [-0.15, -0.1) is 0 Å². The van der Waals surface area contributed by atoms with Crippen molar-refractivity contribution in [3.63, 3.8) is 0 Å². The number of aromatic nitrogens is 1. The molecule has 1 aliphatic rings. The highest BCUT2D eigenvalue weighted by atomic mass is 32.1. The lowest BCUT2D eigenvalue weighted by Gasteiger charge is -2.26. The Bertz CT molecular complexity index is 559. The summed E-state index contributed by atoms with van der Waals surface area (Å²) in [5.41, 5.74) is 8.79. The van der Waals surface area contributed by atoms with E-state index >= 15 is 0 Å². The Morgan fingerprint density at radius 3 is 2.58 bits per heavy atom. The first kappa shape index (κ1) is 12.4. The molecule has 0 amide bonds. The Morgan fingerprint density at radius 2 is 1.89 bits per heavy atom. The summed E-state index contributed by atoms with van der Waals surface area (Å²) >= 11 is 1.74. The van der Waals surface area contributed by atoms with Crippen LogP contribution in [0.25, 0.3) is 10.4 Å². The smallest absolute Gasteiger partial charge is 0.186 e. The van der Waals surface area contributed by atoms with Crippen molar-refractivity contribution in [1.82, 2.24) is 4.98 Å². The molecule has 5 heteroatoms. The fourth-order valence-corrected chi connectivity index (χ4v) is 3.30. The number of nitrogens with zero attached hydrogens (tertiary/aromatic N) is 2. The van der Waals surface area contributed by atoms with Gasteiger partial charge in [0.05, 0.1) is 23.8 Å². The lowest BCUT2D eigenvalue weighted by molar-refractivity contribution is 0.122. The fraction of sp³-hybridized carbons (Fsp3) is 0.357. The second kappa shape index (κ2) is 5.19. The van der Waals surface area contributed by atoms with Crippen molar-refractivity contribution in [3.05, 3.63) is 30.0 Å². The molecule has 3 rings (SSSR count). The normalized spacial score (nSPS) is 15.7. The summed E-state index contributed by atoms with van der Waals surface area (Å²) in [4.78, 5) is 8.21. The standard InChI is InChI=1S/C14H17N3OS/c1-10-13(11-2-4-12(15)5-3-11)19-14(16-10)17-6-8-18-9-7-17/h2-5H,6-9,15H2,1H3. The largest absolute Gasteiger partial charge is 0.399 e. The number of hydrogen-bond acceptors (Lipinski definition) is 5. The van der Waals surface area contributed by atoms with Crippen molar-refractivity contribution in [2.24, 2.45) is 0 Å². The first-order chi connectivity index (χ1) is 9.24. The molecule has 100 valence electrons. The van der Waals surface area contributed by atoms with Gasteiger partial charge in [0.1, 0.15) is 0 Å². The molecule has 1 aromatic heterocycles. The van der Waals surface area contributed by atoms with Gasteiger partial charge >= 0.3 is 0 Å². The number of anilines is 2. The van der Waals surface area contributed by atoms with Gasteiger partial charge in [-0.3, -0.25) is 0 Å². The molecule has 2 heterocycles. The number of rotatable bonds is 2. The van der Waals surface area contributed by atoms with Crippen LogP contribution >= 0.6 is 11.3 Å². The Hall–Kier alpha value is -1.59. The van der Waals surface area contributed by atoms with Crippen molar-refractivity contribution in [3.8, 4) is 10.4 Å². The lowest BCUT2D eigenvalue weighted by atomic mass is 10.1. The van der Waals surface area contributed by atoms with Gasteiger partial charge in [-0.2, -0.15) is 0 Å². The van der Waals surface area contributed by atoms with Gasteiger partial charge in [0.25, 0.3) is 0 Å². The molecule has 4 nitrogen and oxygen atoms in total. The summed E-state index contributed by atoms with van der Waals surface area (Å²) in [6.07, 6.45) is 0. The van der Waals surface area contributed by atoms with Gasteiger partial charge in [-0.1, -0.05) is 23.5 Å². The van der Waals surface area contributed by atoms with Crippen molar-refractivity contribution in [1.29, 1.82) is 0 Å². The van der Waals surface area contributed by atoms with E-state index < -0.39 is 0 Å². The zero-order valence-corrected chi connectivity index (χ0v) is 11.7. The Kier molecular flexibility index (Phi) is 3.40. The number of ether oxygens (including phenoxy) is 1. The van der Waals surface area contributed by atoms with Crippen molar-refractivity contribution >= 4 is 22.2 Å². The third-order valence-electron chi connectivity index (χ3n) is 3.24. The third-order valence-corrected chi connectivity index (χ3v) is 4.51. The minimum atomic E-state index is 0.788. The highest BCUT2D eigenvalue weighted by Crippen LogP contribution is 2.35. The monoisotopic (exact) mass is 275 g/mol. The van der Waals surface area contributed by atoms with Crippen LogP contribution in [-0.4, -0.2) is 31.3 Å². The molecule has 0 atom stereocenters. The summed E-state index contributed by atoms with van der Waals surface area (Å²) in [6.45, 7) is 5.49. The van der Waals surface area contributed by atoms with Gasteiger partial charge in [-0.25, -0.2) is 4.98 Å². The van der Waals surface area contributed by atoms with Crippen molar-refractivity contribution in [2.75, 3.05) is 36.9 Å². The molecule has 0 radical (unpaired) electrons. The molecule has 0 spiro atoms. The molecule has 0 unspecified atom stereocenters. The molecule has 0 aliphatic carbocycles. The molecular weight excluding hydrogens is 258 g/mol. The Morgan fingerprint density at radius 1 is 1.21 bits per heavy atom. The van der Waals surface area contributed by atoms with Gasteiger partial charge in [-0.05, 0) is 24.6 Å². The lowest BCUT2D eigenvalue weighted by Crippen LogP contribution is -2.36. The van der Waals surface area contributed by atoms with Crippen LogP contribution in [0.1, 0.15) is 5.69 Å². The average Bonchev–Trinajstić information content (AvgIpc) is 2.83. The van der Waals surface area contributed by atoms with E-state index in [4.69, 9.17) is 15.5 Å².